The summed E-state index contributed by atoms with van der Waals surface area (Å²) in [6.45, 7) is 5.22. The molecule has 0 aliphatic carbocycles. The summed E-state index contributed by atoms with van der Waals surface area (Å²) in [6.07, 6.45) is 3.21. The Morgan fingerprint density at radius 2 is 1.85 bits per heavy atom. The molecule has 2 aromatic rings. The maximum atomic E-state index is 10.2. The van der Waals surface area contributed by atoms with Crippen LogP contribution in [-0.4, -0.2) is 61.3 Å². The zero-order valence-corrected chi connectivity index (χ0v) is 15.9. The zero-order chi connectivity index (χ0) is 18.1. The number of hydrogen-bond acceptors (Lipinski definition) is 4. The predicted molar refractivity (Wildman–Crippen MR) is 106 cm³/mol. The molecular weight excluding hydrogens is 324 g/mol. The van der Waals surface area contributed by atoms with Gasteiger partial charge in [0.2, 0.25) is 0 Å². The Morgan fingerprint density at radius 3 is 2.58 bits per heavy atom. The van der Waals surface area contributed by atoms with Gasteiger partial charge in [0.05, 0.1) is 13.2 Å². The second kappa shape index (κ2) is 7.18. The van der Waals surface area contributed by atoms with Crippen molar-refractivity contribution in [2.75, 3.05) is 40.3 Å². The molecule has 4 nitrogen and oxygen atoms in total. The van der Waals surface area contributed by atoms with Crippen LogP contribution in [0.5, 0.6) is 5.75 Å². The number of fused-ring (bicyclic) bond motifs is 1. The molecule has 0 saturated carbocycles. The summed E-state index contributed by atoms with van der Waals surface area (Å²) in [4.78, 5) is 4.87. The quantitative estimate of drug-likeness (QED) is 0.919. The van der Waals surface area contributed by atoms with Gasteiger partial charge >= 0.3 is 0 Å². The van der Waals surface area contributed by atoms with E-state index < -0.39 is 0 Å². The Bertz CT molecular complexity index is 756. The summed E-state index contributed by atoms with van der Waals surface area (Å²) in [5.74, 6) is 0.909. The van der Waals surface area contributed by atoms with Crippen LogP contribution in [0, 0.1) is 5.41 Å². The van der Waals surface area contributed by atoms with E-state index in [1.165, 1.54) is 29.2 Å². The van der Waals surface area contributed by atoms with Crippen molar-refractivity contribution >= 4 is 10.8 Å². The van der Waals surface area contributed by atoms with Crippen molar-refractivity contribution in [1.82, 2.24) is 9.80 Å². The number of methoxy groups -OCH3 is 1. The van der Waals surface area contributed by atoms with Gasteiger partial charge in [-0.25, -0.2) is 0 Å². The topological polar surface area (TPSA) is 35.9 Å². The number of aliphatic hydroxyl groups excluding tert-OH is 1. The second-order valence-electron chi connectivity index (χ2n) is 8.38. The lowest BCUT2D eigenvalue weighted by atomic mass is 9.71. The van der Waals surface area contributed by atoms with Crippen molar-refractivity contribution in [2.24, 2.45) is 5.41 Å². The number of β-amino-alcohol motifs (C(OH)–C–C–N with tert-alkyl or cyclic N) is 1. The highest BCUT2D eigenvalue weighted by Crippen LogP contribution is 2.39. The molecule has 4 heteroatoms. The molecule has 2 saturated heterocycles. The Balaban J connectivity index is 1.40. The monoisotopic (exact) mass is 354 g/mol. The minimum absolute atomic E-state index is 0.155. The molecule has 2 aromatic carbocycles. The van der Waals surface area contributed by atoms with E-state index >= 15 is 0 Å². The van der Waals surface area contributed by atoms with E-state index in [4.69, 9.17) is 4.74 Å². The summed E-state index contributed by atoms with van der Waals surface area (Å²) >= 11 is 0. The third-order valence-corrected chi connectivity index (χ3v) is 6.23. The Morgan fingerprint density at radius 1 is 1.12 bits per heavy atom. The van der Waals surface area contributed by atoms with Gasteiger partial charge in [-0.3, -0.25) is 4.90 Å². The lowest BCUT2D eigenvalue weighted by Crippen LogP contribution is -2.52. The molecule has 2 heterocycles. The summed E-state index contributed by atoms with van der Waals surface area (Å²) in [5, 5.41) is 12.7. The highest BCUT2D eigenvalue weighted by molar-refractivity contribution is 5.84. The Labute approximate surface area is 156 Å². The van der Waals surface area contributed by atoms with Crippen molar-refractivity contribution in [3.63, 3.8) is 0 Å². The first-order valence-electron chi connectivity index (χ1n) is 9.71. The Kier molecular flexibility index (Phi) is 4.91. The molecular formula is C22H30N2O2. The van der Waals surface area contributed by atoms with Gasteiger partial charge in [-0.05, 0) is 79.3 Å². The van der Waals surface area contributed by atoms with Crippen LogP contribution in [0.1, 0.15) is 24.8 Å². The number of likely N-dealkylation sites (N-methyl/N-ethyl adjacent to an activating group) is 1. The maximum Gasteiger partial charge on any atom is 0.119 e. The van der Waals surface area contributed by atoms with Crippen molar-refractivity contribution in [1.29, 1.82) is 0 Å². The molecule has 26 heavy (non-hydrogen) atoms. The SMILES string of the molecule is COc1ccc2cc(CN3CCC4(CC3)CC(O)CN(C)C4)ccc2c1. The molecule has 0 aromatic heterocycles. The van der Waals surface area contributed by atoms with Crippen molar-refractivity contribution in [2.45, 2.75) is 31.9 Å². The van der Waals surface area contributed by atoms with Gasteiger partial charge in [0.25, 0.3) is 0 Å². The van der Waals surface area contributed by atoms with Crippen LogP contribution in [0.25, 0.3) is 10.8 Å². The molecule has 0 radical (unpaired) electrons. The summed E-state index contributed by atoms with van der Waals surface area (Å²) in [5.41, 5.74) is 1.70. The van der Waals surface area contributed by atoms with E-state index in [2.05, 4.69) is 47.2 Å². The van der Waals surface area contributed by atoms with E-state index in [1.807, 2.05) is 6.07 Å². The molecule has 2 fully saturated rings. The van der Waals surface area contributed by atoms with E-state index in [0.29, 0.717) is 5.41 Å². The molecule has 1 N–H and O–H groups in total. The fourth-order valence-corrected chi connectivity index (χ4v) is 4.93. The molecule has 1 unspecified atom stereocenters. The van der Waals surface area contributed by atoms with Gasteiger partial charge in [-0.1, -0.05) is 18.2 Å². The van der Waals surface area contributed by atoms with Crippen LogP contribution in [0.15, 0.2) is 36.4 Å². The van der Waals surface area contributed by atoms with E-state index in [9.17, 15) is 5.11 Å². The van der Waals surface area contributed by atoms with Crippen LogP contribution >= 0.6 is 0 Å². The number of aliphatic hydroxyl groups is 1. The van der Waals surface area contributed by atoms with Crippen molar-refractivity contribution in [3.8, 4) is 5.75 Å². The number of nitrogens with zero attached hydrogens (tertiary/aromatic N) is 2. The van der Waals surface area contributed by atoms with Gasteiger partial charge in [0, 0.05) is 19.6 Å². The average molecular weight is 354 g/mol. The predicted octanol–water partition coefficient (Wildman–Crippen LogP) is 3.13. The largest absolute Gasteiger partial charge is 0.497 e. The van der Waals surface area contributed by atoms with Crippen LogP contribution in [0.2, 0.25) is 0 Å². The molecule has 2 aliphatic rings. The molecule has 0 bridgehead atoms. The number of benzene rings is 2. The van der Waals surface area contributed by atoms with Crippen LogP contribution < -0.4 is 4.74 Å². The first-order chi connectivity index (χ1) is 12.5. The molecule has 0 amide bonds. The third-order valence-electron chi connectivity index (χ3n) is 6.23. The summed E-state index contributed by atoms with van der Waals surface area (Å²) in [7, 11) is 3.85. The first kappa shape index (κ1) is 17.8. The van der Waals surface area contributed by atoms with E-state index in [1.54, 1.807) is 7.11 Å². The highest BCUT2D eigenvalue weighted by atomic mass is 16.5. The molecule has 1 atom stereocenters. The van der Waals surface area contributed by atoms with Gasteiger partial charge < -0.3 is 14.7 Å². The van der Waals surface area contributed by atoms with Gasteiger partial charge in [0.15, 0.2) is 0 Å². The normalized spacial score (nSPS) is 24.2. The Hall–Kier alpha value is -1.62. The highest BCUT2D eigenvalue weighted by Gasteiger charge is 2.40. The average Bonchev–Trinajstić information content (AvgIpc) is 2.62. The fraction of sp³-hybridized carbons (Fsp3) is 0.545. The number of rotatable bonds is 3. The number of likely N-dealkylation sites (tertiary alicyclic amines) is 2. The summed E-state index contributed by atoms with van der Waals surface area (Å²) in [6, 6.07) is 13.0. The van der Waals surface area contributed by atoms with Crippen molar-refractivity contribution in [3.05, 3.63) is 42.0 Å². The van der Waals surface area contributed by atoms with Crippen LogP contribution in [-0.2, 0) is 6.54 Å². The van der Waals surface area contributed by atoms with Gasteiger partial charge in [-0.15, -0.1) is 0 Å². The zero-order valence-electron chi connectivity index (χ0n) is 15.9. The lowest BCUT2D eigenvalue weighted by Gasteiger charge is -2.48. The minimum atomic E-state index is -0.155. The van der Waals surface area contributed by atoms with Crippen molar-refractivity contribution < 1.29 is 9.84 Å². The standard InChI is InChI=1S/C22H30N2O2/c1-23-15-20(25)13-22(16-23)7-9-24(10-8-22)14-17-3-4-19-12-21(26-2)6-5-18(19)11-17/h3-6,11-12,20,25H,7-10,13-16H2,1-2H3. The summed E-state index contributed by atoms with van der Waals surface area (Å²) < 4.78 is 5.31. The van der Waals surface area contributed by atoms with E-state index in [-0.39, 0.29) is 6.10 Å². The lowest BCUT2D eigenvalue weighted by molar-refractivity contribution is -0.0330. The molecule has 2 aliphatic heterocycles. The molecule has 140 valence electrons. The van der Waals surface area contributed by atoms with E-state index in [0.717, 1.165) is 44.9 Å². The smallest absolute Gasteiger partial charge is 0.119 e. The third kappa shape index (κ3) is 3.73. The number of ether oxygens (including phenoxy) is 1. The number of hydrogen-bond donors (Lipinski definition) is 1. The molecule has 1 spiro atoms. The van der Waals surface area contributed by atoms with Crippen LogP contribution in [0.3, 0.4) is 0 Å². The maximum absolute atomic E-state index is 10.2. The fourth-order valence-electron chi connectivity index (χ4n) is 4.93. The van der Waals surface area contributed by atoms with Crippen LogP contribution in [0.4, 0.5) is 0 Å². The molecule has 4 rings (SSSR count). The number of piperidine rings is 2. The second-order valence-corrected chi connectivity index (χ2v) is 8.38. The van der Waals surface area contributed by atoms with Gasteiger partial charge in [0.1, 0.15) is 5.75 Å². The minimum Gasteiger partial charge on any atom is -0.497 e. The van der Waals surface area contributed by atoms with Gasteiger partial charge in [-0.2, -0.15) is 0 Å². The first-order valence-corrected chi connectivity index (χ1v) is 9.71.